The maximum absolute atomic E-state index is 5.16. The Morgan fingerprint density at radius 1 is 1.31 bits per heavy atom. The Balaban J connectivity index is 2.35. The van der Waals surface area contributed by atoms with E-state index in [-0.39, 0.29) is 0 Å². The second kappa shape index (κ2) is 3.48. The van der Waals surface area contributed by atoms with Crippen LogP contribution in [-0.4, -0.2) is 7.11 Å². The molecule has 13 heavy (non-hydrogen) atoms. The molecule has 0 unspecified atom stereocenters. The van der Waals surface area contributed by atoms with Crippen molar-refractivity contribution in [3.05, 3.63) is 48.1 Å². The zero-order chi connectivity index (χ0) is 9.10. The molecule has 0 aromatic heterocycles. The minimum absolute atomic E-state index is 0.915. The van der Waals surface area contributed by atoms with Gasteiger partial charge in [0.1, 0.15) is 5.75 Å². The molecule has 1 nitrogen and oxygen atoms in total. The lowest BCUT2D eigenvalue weighted by Gasteiger charge is -2.03. The van der Waals surface area contributed by atoms with Gasteiger partial charge >= 0.3 is 0 Å². The van der Waals surface area contributed by atoms with Crippen LogP contribution in [0.2, 0.25) is 0 Å². The van der Waals surface area contributed by atoms with Gasteiger partial charge in [0.05, 0.1) is 7.11 Å². The third-order valence-corrected chi connectivity index (χ3v) is 2.17. The summed E-state index contributed by atoms with van der Waals surface area (Å²) in [5.41, 5.74) is 2.52. The van der Waals surface area contributed by atoms with Crippen LogP contribution in [0.1, 0.15) is 12.0 Å². The maximum atomic E-state index is 5.16. The van der Waals surface area contributed by atoms with Gasteiger partial charge in [-0.15, -0.1) is 0 Å². The summed E-state index contributed by atoms with van der Waals surface area (Å²) in [6, 6.07) is 8.13. The number of hydrogen-bond acceptors (Lipinski definition) is 1. The van der Waals surface area contributed by atoms with E-state index in [2.05, 4.69) is 30.4 Å². The van der Waals surface area contributed by atoms with E-state index < -0.39 is 0 Å². The molecule has 1 aromatic rings. The Hall–Kier alpha value is -1.50. The molecule has 1 aliphatic carbocycles. The van der Waals surface area contributed by atoms with Crippen molar-refractivity contribution in [1.29, 1.82) is 0 Å². The molecule has 0 spiro atoms. The summed E-state index contributed by atoms with van der Waals surface area (Å²) in [5, 5.41) is 0. The highest BCUT2D eigenvalue weighted by atomic mass is 16.5. The quantitative estimate of drug-likeness (QED) is 0.666. The van der Waals surface area contributed by atoms with Crippen molar-refractivity contribution in [1.82, 2.24) is 0 Å². The van der Waals surface area contributed by atoms with Crippen molar-refractivity contribution < 1.29 is 4.74 Å². The molecule has 0 saturated heterocycles. The average molecular weight is 172 g/mol. The van der Waals surface area contributed by atoms with E-state index in [9.17, 15) is 0 Å². The summed E-state index contributed by atoms with van der Waals surface area (Å²) < 4.78 is 5.16. The van der Waals surface area contributed by atoms with E-state index in [1.54, 1.807) is 7.11 Å². The second-order valence-corrected chi connectivity index (χ2v) is 3.03. The first kappa shape index (κ1) is 8.11. The molecule has 1 heteroatoms. The van der Waals surface area contributed by atoms with Crippen LogP contribution in [0.5, 0.6) is 5.75 Å². The summed E-state index contributed by atoms with van der Waals surface area (Å²) in [5.74, 6) is 0.915. The molecular weight excluding hydrogens is 160 g/mol. The van der Waals surface area contributed by atoms with Gasteiger partial charge in [-0.05, 0) is 29.7 Å². The van der Waals surface area contributed by atoms with Gasteiger partial charge in [-0.25, -0.2) is 0 Å². The van der Waals surface area contributed by atoms with Gasteiger partial charge in [-0.1, -0.05) is 30.4 Å². The molecule has 0 saturated carbocycles. The first-order valence-corrected chi connectivity index (χ1v) is 4.41. The van der Waals surface area contributed by atoms with Gasteiger partial charge in [-0.3, -0.25) is 0 Å². The smallest absolute Gasteiger partial charge is 0.119 e. The highest BCUT2D eigenvalue weighted by Crippen LogP contribution is 2.24. The molecule has 0 bridgehead atoms. The van der Waals surface area contributed by atoms with Crippen LogP contribution in [-0.2, 0) is 0 Å². The van der Waals surface area contributed by atoms with Crippen molar-refractivity contribution in [2.75, 3.05) is 7.11 Å². The summed E-state index contributed by atoms with van der Waals surface area (Å²) >= 11 is 0. The Labute approximate surface area is 78.3 Å². The number of allylic oxidation sites excluding steroid dienone is 4. The third-order valence-electron chi connectivity index (χ3n) is 2.17. The number of ether oxygens (including phenoxy) is 1. The maximum Gasteiger partial charge on any atom is 0.119 e. The fourth-order valence-electron chi connectivity index (χ4n) is 1.47. The molecule has 66 valence electrons. The standard InChI is InChI=1S/C12H12O/c1-13-12-8-4-7-11(9-12)10-5-2-3-6-10/h2,4-9H,3H2,1H3. The van der Waals surface area contributed by atoms with Crippen molar-refractivity contribution >= 4 is 5.57 Å². The Morgan fingerprint density at radius 3 is 2.92 bits per heavy atom. The molecule has 2 rings (SSSR count). The predicted octanol–water partition coefficient (Wildman–Crippen LogP) is 3.04. The molecule has 1 aliphatic rings. The topological polar surface area (TPSA) is 9.23 Å². The van der Waals surface area contributed by atoms with Gasteiger partial charge in [0, 0.05) is 0 Å². The number of methoxy groups -OCH3 is 1. The van der Waals surface area contributed by atoms with E-state index in [0.29, 0.717) is 0 Å². The molecule has 1 aromatic carbocycles. The van der Waals surface area contributed by atoms with Gasteiger partial charge in [0.25, 0.3) is 0 Å². The average Bonchev–Trinajstić information content (AvgIpc) is 2.71. The largest absolute Gasteiger partial charge is 0.497 e. The van der Waals surface area contributed by atoms with Crippen LogP contribution >= 0.6 is 0 Å². The number of hydrogen-bond donors (Lipinski definition) is 0. The first-order chi connectivity index (χ1) is 6.40. The number of benzene rings is 1. The highest BCUT2D eigenvalue weighted by Gasteiger charge is 2.01. The Bertz CT molecular complexity index is 361. The zero-order valence-electron chi connectivity index (χ0n) is 7.66. The summed E-state index contributed by atoms with van der Waals surface area (Å²) in [6.45, 7) is 0. The Kier molecular flexibility index (Phi) is 2.17. The van der Waals surface area contributed by atoms with Crippen LogP contribution in [0.25, 0.3) is 5.57 Å². The van der Waals surface area contributed by atoms with Gasteiger partial charge in [0.2, 0.25) is 0 Å². The third kappa shape index (κ3) is 1.64. The first-order valence-electron chi connectivity index (χ1n) is 4.41. The zero-order valence-corrected chi connectivity index (χ0v) is 7.66. The minimum Gasteiger partial charge on any atom is -0.497 e. The van der Waals surface area contributed by atoms with E-state index in [0.717, 1.165) is 12.2 Å². The fraction of sp³-hybridized carbons (Fsp3) is 0.167. The lowest BCUT2D eigenvalue weighted by atomic mass is 10.1. The summed E-state index contributed by atoms with van der Waals surface area (Å²) in [7, 11) is 1.69. The van der Waals surface area contributed by atoms with Crippen molar-refractivity contribution in [3.63, 3.8) is 0 Å². The predicted molar refractivity (Wildman–Crippen MR) is 54.7 cm³/mol. The molecular formula is C12H12O. The van der Waals surface area contributed by atoms with Gasteiger partial charge in [-0.2, -0.15) is 0 Å². The van der Waals surface area contributed by atoms with Crippen LogP contribution in [0.4, 0.5) is 0 Å². The summed E-state index contributed by atoms with van der Waals surface area (Å²) in [6.07, 6.45) is 7.57. The normalized spacial score (nSPS) is 14.4. The van der Waals surface area contributed by atoms with Crippen molar-refractivity contribution in [3.8, 4) is 5.75 Å². The van der Waals surface area contributed by atoms with E-state index >= 15 is 0 Å². The Morgan fingerprint density at radius 2 is 2.23 bits per heavy atom. The minimum atomic E-state index is 0.915. The number of rotatable bonds is 2. The van der Waals surface area contributed by atoms with Gasteiger partial charge < -0.3 is 4.74 Å². The molecule has 0 heterocycles. The highest BCUT2D eigenvalue weighted by molar-refractivity contribution is 5.76. The summed E-state index contributed by atoms with van der Waals surface area (Å²) in [4.78, 5) is 0. The van der Waals surface area contributed by atoms with E-state index in [1.807, 2.05) is 12.1 Å². The van der Waals surface area contributed by atoms with E-state index in [1.165, 1.54) is 11.1 Å². The second-order valence-electron chi connectivity index (χ2n) is 3.03. The van der Waals surface area contributed by atoms with Crippen LogP contribution in [0.15, 0.2) is 42.5 Å². The lowest BCUT2D eigenvalue weighted by molar-refractivity contribution is 0.414. The van der Waals surface area contributed by atoms with Crippen molar-refractivity contribution in [2.45, 2.75) is 6.42 Å². The van der Waals surface area contributed by atoms with Crippen molar-refractivity contribution in [2.24, 2.45) is 0 Å². The molecule has 0 N–H and O–H groups in total. The van der Waals surface area contributed by atoms with Gasteiger partial charge in [0.15, 0.2) is 0 Å². The lowest BCUT2D eigenvalue weighted by Crippen LogP contribution is -1.84. The monoisotopic (exact) mass is 172 g/mol. The SMILES string of the molecule is COc1cccc(C2=CCC=C2)c1. The molecule has 0 amide bonds. The fourth-order valence-corrected chi connectivity index (χ4v) is 1.47. The molecule has 0 radical (unpaired) electrons. The molecule has 0 aliphatic heterocycles. The van der Waals surface area contributed by atoms with E-state index in [4.69, 9.17) is 4.74 Å². The molecule has 0 fully saturated rings. The van der Waals surface area contributed by atoms with Crippen LogP contribution in [0.3, 0.4) is 0 Å². The molecule has 0 atom stereocenters. The van der Waals surface area contributed by atoms with Crippen LogP contribution in [0, 0.1) is 0 Å². The van der Waals surface area contributed by atoms with Crippen LogP contribution < -0.4 is 4.74 Å².